The largest absolute Gasteiger partial charge is 0.507 e. The van der Waals surface area contributed by atoms with E-state index in [1.165, 1.54) is 0 Å². The van der Waals surface area contributed by atoms with Crippen LogP contribution in [0.15, 0.2) is 65.8 Å². The summed E-state index contributed by atoms with van der Waals surface area (Å²) in [7, 11) is 3.23. The highest BCUT2D eigenvalue weighted by molar-refractivity contribution is 6.04. The van der Waals surface area contributed by atoms with Gasteiger partial charge in [0.2, 0.25) is 6.23 Å². The lowest BCUT2D eigenvalue weighted by Gasteiger charge is -2.38. The van der Waals surface area contributed by atoms with Crippen LogP contribution in [-0.4, -0.2) is 36.7 Å². The monoisotopic (exact) mass is 446 g/mol. The minimum atomic E-state index is -0.459. The van der Waals surface area contributed by atoms with Gasteiger partial charge >= 0.3 is 0 Å². The van der Waals surface area contributed by atoms with Gasteiger partial charge in [-0.2, -0.15) is 5.10 Å². The Balaban J connectivity index is 1.58. The number of methoxy groups -OCH3 is 2. The lowest BCUT2D eigenvalue weighted by Crippen LogP contribution is -2.33. The molecule has 170 valence electrons. The van der Waals surface area contributed by atoms with Crippen molar-refractivity contribution in [3.8, 4) is 28.7 Å². The maximum absolute atomic E-state index is 10.5. The van der Waals surface area contributed by atoms with Gasteiger partial charge in [0.05, 0.1) is 32.6 Å². The molecular weight excluding hydrogens is 420 g/mol. The summed E-state index contributed by atoms with van der Waals surface area (Å²) < 4.78 is 23.0. The number of hydrazone groups is 1. The first-order valence-electron chi connectivity index (χ1n) is 10.9. The van der Waals surface area contributed by atoms with Gasteiger partial charge in [0, 0.05) is 23.1 Å². The van der Waals surface area contributed by atoms with Crippen molar-refractivity contribution >= 4 is 5.71 Å². The molecule has 0 radical (unpaired) electrons. The lowest BCUT2D eigenvalue weighted by molar-refractivity contribution is -0.0191. The second-order valence-electron chi connectivity index (χ2n) is 7.88. The molecule has 1 N–H and O–H groups in total. The number of ether oxygens (including phenoxy) is 4. The van der Waals surface area contributed by atoms with Gasteiger partial charge in [-0.1, -0.05) is 18.2 Å². The Labute approximate surface area is 192 Å². The molecule has 0 saturated heterocycles. The Morgan fingerprint density at radius 2 is 1.88 bits per heavy atom. The molecule has 0 aromatic heterocycles. The summed E-state index contributed by atoms with van der Waals surface area (Å²) in [6, 6.07) is 19.0. The molecule has 3 aromatic rings. The van der Waals surface area contributed by atoms with Crippen molar-refractivity contribution in [1.29, 1.82) is 0 Å². The van der Waals surface area contributed by atoms with E-state index in [4.69, 9.17) is 24.0 Å². The van der Waals surface area contributed by atoms with Crippen molar-refractivity contribution in [3.63, 3.8) is 0 Å². The van der Waals surface area contributed by atoms with Crippen molar-refractivity contribution in [2.45, 2.75) is 25.6 Å². The molecule has 7 nitrogen and oxygen atoms in total. The highest BCUT2D eigenvalue weighted by Crippen LogP contribution is 2.48. The fourth-order valence-corrected chi connectivity index (χ4v) is 4.40. The molecule has 0 aliphatic carbocycles. The zero-order valence-corrected chi connectivity index (χ0v) is 18.8. The van der Waals surface area contributed by atoms with E-state index in [1.54, 1.807) is 26.4 Å². The van der Waals surface area contributed by atoms with Gasteiger partial charge in [-0.3, -0.25) is 0 Å². The number of hydrogen-bond acceptors (Lipinski definition) is 7. The zero-order valence-electron chi connectivity index (χ0n) is 18.8. The first-order chi connectivity index (χ1) is 16.1. The van der Waals surface area contributed by atoms with Crippen LogP contribution in [0.1, 0.15) is 42.3 Å². The van der Waals surface area contributed by atoms with Crippen LogP contribution in [0.25, 0.3) is 0 Å². The molecule has 2 atom stereocenters. The van der Waals surface area contributed by atoms with Crippen LogP contribution < -0.4 is 18.9 Å². The Bertz CT molecular complexity index is 1210. The van der Waals surface area contributed by atoms with E-state index < -0.39 is 6.23 Å². The van der Waals surface area contributed by atoms with Crippen LogP contribution >= 0.6 is 0 Å². The summed E-state index contributed by atoms with van der Waals surface area (Å²) >= 11 is 0. The van der Waals surface area contributed by atoms with Gasteiger partial charge in [0.1, 0.15) is 17.2 Å². The molecule has 7 heteroatoms. The number of benzene rings is 3. The number of aromatic hydroxyl groups is 1. The van der Waals surface area contributed by atoms with Crippen LogP contribution in [-0.2, 0) is 0 Å². The second kappa shape index (κ2) is 8.58. The number of para-hydroxylation sites is 1. The van der Waals surface area contributed by atoms with E-state index in [1.807, 2.05) is 54.4 Å². The predicted octanol–water partition coefficient (Wildman–Crippen LogP) is 5.05. The third-order valence-corrected chi connectivity index (χ3v) is 5.99. The fourth-order valence-electron chi connectivity index (χ4n) is 4.40. The van der Waals surface area contributed by atoms with Crippen molar-refractivity contribution in [2.24, 2.45) is 5.10 Å². The highest BCUT2D eigenvalue weighted by atomic mass is 16.5. The fraction of sp³-hybridized carbons (Fsp3) is 0.269. The molecule has 2 heterocycles. The molecule has 0 spiro atoms. The summed E-state index contributed by atoms with van der Waals surface area (Å²) in [6.07, 6.45) is 0.172. The summed E-state index contributed by atoms with van der Waals surface area (Å²) in [5, 5.41) is 17.4. The normalized spacial score (nSPS) is 18.6. The van der Waals surface area contributed by atoms with E-state index in [9.17, 15) is 5.11 Å². The predicted molar refractivity (Wildman–Crippen MR) is 124 cm³/mol. The zero-order chi connectivity index (χ0) is 22.9. The van der Waals surface area contributed by atoms with Gasteiger partial charge in [-0.05, 0) is 49.4 Å². The van der Waals surface area contributed by atoms with Crippen LogP contribution in [0.5, 0.6) is 28.7 Å². The van der Waals surface area contributed by atoms with Crippen molar-refractivity contribution in [2.75, 3.05) is 20.8 Å². The molecule has 33 heavy (non-hydrogen) atoms. The van der Waals surface area contributed by atoms with Gasteiger partial charge < -0.3 is 24.1 Å². The highest BCUT2D eigenvalue weighted by Gasteiger charge is 2.41. The van der Waals surface area contributed by atoms with Gasteiger partial charge in [0.15, 0.2) is 11.5 Å². The molecule has 5 rings (SSSR count). The SMILES string of the molecule is CCOc1ccc(C2Oc3ccccc3C3CC(c4cc(OC)ccc4O)=NN32)cc1OC. The molecule has 0 bridgehead atoms. The minimum absolute atomic E-state index is 0.0295. The van der Waals surface area contributed by atoms with Crippen LogP contribution in [0, 0.1) is 0 Å². The molecule has 0 amide bonds. The number of rotatable bonds is 6. The van der Waals surface area contributed by atoms with Gasteiger partial charge in [0.25, 0.3) is 0 Å². The molecule has 3 aromatic carbocycles. The quantitative estimate of drug-likeness (QED) is 0.571. The van der Waals surface area contributed by atoms with Crippen molar-refractivity contribution in [1.82, 2.24) is 5.01 Å². The number of fused-ring (bicyclic) bond motifs is 3. The van der Waals surface area contributed by atoms with Crippen molar-refractivity contribution < 1.29 is 24.1 Å². The second-order valence-corrected chi connectivity index (χ2v) is 7.88. The summed E-state index contributed by atoms with van der Waals surface area (Å²) in [6.45, 7) is 2.49. The topological polar surface area (TPSA) is 72.8 Å². The van der Waals surface area contributed by atoms with Crippen molar-refractivity contribution in [3.05, 3.63) is 77.4 Å². The lowest BCUT2D eigenvalue weighted by atomic mass is 9.95. The molecular formula is C26H26N2O5. The first kappa shape index (κ1) is 21.0. The Hall–Kier alpha value is -3.87. The van der Waals surface area contributed by atoms with Gasteiger partial charge in [-0.15, -0.1) is 0 Å². The van der Waals surface area contributed by atoms with Crippen LogP contribution in [0.3, 0.4) is 0 Å². The average Bonchev–Trinajstić information content (AvgIpc) is 3.30. The van der Waals surface area contributed by atoms with Crippen LogP contribution in [0.4, 0.5) is 0 Å². The first-order valence-corrected chi connectivity index (χ1v) is 10.9. The number of phenols is 1. The number of phenolic OH excluding ortho intramolecular Hbond substituents is 1. The van der Waals surface area contributed by atoms with E-state index >= 15 is 0 Å². The Kier molecular flexibility index (Phi) is 5.46. The minimum Gasteiger partial charge on any atom is -0.507 e. The number of nitrogens with zero attached hydrogens (tertiary/aromatic N) is 2. The summed E-state index contributed by atoms with van der Waals surface area (Å²) in [4.78, 5) is 0. The molecule has 0 fully saturated rings. The third-order valence-electron chi connectivity index (χ3n) is 5.99. The van der Waals surface area contributed by atoms with E-state index in [2.05, 4.69) is 6.07 Å². The van der Waals surface area contributed by atoms with Gasteiger partial charge in [-0.25, -0.2) is 5.01 Å². The maximum Gasteiger partial charge on any atom is 0.214 e. The average molecular weight is 447 g/mol. The summed E-state index contributed by atoms with van der Waals surface area (Å²) in [5.74, 6) is 2.98. The molecule has 2 aliphatic rings. The Morgan fingerprint density at radius 1 is 1.03 bits per heavy atom. The third kappa shape index (κ3) is 3.69. The van der Waals surface area contributed by atoms with E-state index in [-0.39, 0.29) is 11.8 Å². The van der Waals surface area contributed by atoms with Crippen LogP contribution in [0.2, 0.25) is 0 Å². The molecule has 0 saturated carbocycles. The smallest absolute Gasteiger partial charge is 0.214 e. The number of hydrogen-bond donors (Lipinski definition) is 1. The maximum atomic E-state index is 10.5. The Morgan fingerprint density at radius 3 is 2.67 bits per heavy atom. The van der Waals surface area contributed by atoms with E-state index in [0.29, 0.717) is 35.8 Å². The molecule has 2 unspecified atom stereocenters. The summed E-state index contributed by atoms with van der Waals surface area (Å²) in [5.41, 5.74) is 3.39. The van der Waals surface area contributed by atoms with E-state index in [0.717, 1.165) is 22.6 Å². The molecule has 2 aliphatic heterocycles. The standard InChI is InChI=1S/C26H26N2O5/c1-4-32-24-12-9-16(13-25(24)31-3)26-28-21(18-7-5-6-8-23(18)33-26)15-20(27-28)19-14-17(30-2)10-11-22(19)29/h5-14,21,26,29H,4,15H2,1-3H3.